The standard InChI is InChI=1S/C28H43NO9/c1-17(2)35-26(34)36-18(3)16-29-20(25(32)33)12-19-10-11-21(37-23(30)14-27(4,5)6)22(13-19)38-24(31)15-28(7,8)9/h10-11,13,17-18,20,29H,12,14-16H2,1-9H3,(H,32,33)/t18?,20-/m0/s1. The Morgan fingerprint density at radius 3 is 1.84 bits per heavy atom. The molecule has 10 nitrogen and oxygen atoms in total. The summed E-state index contributed by atoms with van der Waals surface area (Å²) >= 11 is 0. The molecule has 0 bridgehead atoms. The largest absolute Gasteiger partial charge is 0.508 e. The molecule has 0 aliphatic heterocycles. The Balaban J connectivity index is 3.06. The van der Waals surface area contributed by atoms with E-state index in [-0.39, 0.29) is 54.2 Å². The van der Waals surface area contributed by atoms with Crippen LogP contribution in [0.25, 0.3) is 0 Å². The first-order valence-corrected chi connectivity index (χ1v) is 12.7. The van der Waals surface area contributed by atoms with E-state index in [0.717, 1.165) is 0 Å². The van der Waals surface area contributed by atoms with Gasteiger partial charge in [-0.15, -0.1) is 0 Å². The molecular weight excluding hydrogens is 494 g/mol. The van der Waals surface area contributed by atoms with Crippen LogP contribution in [0.4, 0.5) is 4.79 Å². The summed E-state index contributed by atoms with van der Waals surface area (Å²) in [4.78, 5) is 48.5. The molecule has 0 heterocycles. The lowest BCUT2D eigenvalue weighted by molar-refractivity contribution is -0.139. The molecule has 0 aliphatic carbocycles. The Morgan fingerprint density at radius 1 is 0.842 bits per heavy atom. The SMILES string of the molecule is CC(C)OC(=O)OC(C)CN[C@@H](Cc1ccc(OC(=O)CC(C)(C)C)c(OC(=O)CC(C)(C)C)c1)C(=O)O. The zero-order valence-corrected chi connectivity index (χ0v) is 24.0. The Hall–Kier alpha value is -3.14. The Bertz CT molecular complexity index is 974. The van der Waals surface area contributed by atoms with E-state index in [1.54, 1.807) is 26.8 Å². The second-order valence-electron chi connectivity index (χ2n) is 12.1. The number of carboxylic acids is 1. The number of rotatable bonds is 12. The fourth-order valence-electron chi connectivity index (χ4n) is 3.24. The van der Waals surface area contributed by atoms with Crippen LogP contribution in [0.5, 0.6) is 11.5 Å². The molecular formula is C28H43NO9. The number of hydrogen-bond acceptors (Lipinski definition) is 9. The van der Waals surface area contributed by atoms with E-state index >= 15 is 0 Å². The monoisotopic (exact) mass is 537 g/mol. The summed E-state index contributed by atoms with van der Waals surface area (Å²) in [6, 6.07) is 3.56. The van der Waals surface area contributed by atoms with Crippen molar-refractivity contribution in [1.82, 2.24) is 5.32 Å². The molecule has 0 spiro atoms. The first kappa shape index (κ1) is 32.9. The smallest absolute Gasteiger partial charge is 0.480 e. The number of carboxylic acid groups (broad SMARTS) is 1. The van der Waals surface area contributed by atoms with Crippen molar-refractivity contribution in [3.63, 3.8) is 0 Å². The number of esters is 2. The van der Waals surface area contributed by atoms with E-state index in [9.17, 15) is 24.3 Å². The van der Waals surface area contributed by atoms with Gasteiger partial charge < -0.3 is 29.4 Å². The maximum atomic E-state index is 12.5. The fourth-order valence-corrected chi connectivity index (χ4v) is 3.24. The highest BCUT2D eigenvalue weighted by Gasteiger charge is 2.24. The maximum absolute atomic E-state index is 12.5. The minimum Gasteiger partial charge on any atom is -0.480 e. The zero-order valence-electron chi connectivity index (χ0n) is 24.0. The van der Waals surface area contributed by atoms with Crippen LogP contribution in [0.1, 0.15) is 80.7 Å². The second-order valence-corrected chi connectivity index (χ2v) is 12.1. The number of ether oxygens (including phenoxy) is 4. The molecule has 1 aromatic rings. The van der Waals surface area contributed by atoms with E-state index < -0.39 is 36.2 Å². The third kappa shape index (κ3) is 14.0. The maximum Gasteiger partial charge on any atom is 0.508 e. The van der Waals surface area contributed by atoms with E-state index in [2.05, 4.69) is 5.32 Å². The van der Waals surface area contributed by atoms with E-state index in [0.29, 0.717) is 5.56 Å². The molecule has 0 saturated heterocycles. The van der Waals surface area contributed by atoms with Crippen molar-refractivity contribution in [1.29, 1.82) is 0 Å². The molecule has 0 amide bonds. The molecule has 0 aromatic heterocycles. The molecule has 2 N–H and O–H groups in total. The van der Waals surface area contributed by atoms with Crippen LogP contribution < -0.4 is 14.8 Å². The summed E-state index contributed by atoms with van der Waals surface area (Å²) in [6.45, 7) is 16.5. The average molecular weight is 538 g/mol. The summed E-state index contributed by atoms with van der Waals surface area (Å²) < 4.78 is 21.1. The number of carbonyl (C=O) groups is 4. The molecule has 214 valence electrons. The third-order valence-corrected chi connectivity index (χ3v) is 4.82. The summed E-state index contributed by atoms with van der Waals surface area (Å²) in [5.74, 6) is -1.98. The Labute approximate surface area is 225 Å². The molecule has 0 saturated carbocycles. The van der Waals surface area contributed by atoms with Gasteiger partial charge in [0.25, 0.3) is 0 Å². The molecule has 1 rings (SSSR count). The van der Waals surface area contributed by atoms with Crippen LogP contribution in [0.3, 0.4) is 0 Å². The van der Waals surface area contributed by atoms with Crippen molar-refractivity contribution in [3.05, 3.63) is 23.8 Å². The molecule has 38 heavy (non-hydrogen) atoms. The molecule has 0 radical (unpaired) electrons. The minimum atomic E-state index is -1.12. The molecule has 0 fully saturated rings. The number of nitrogens with one attached hydrogen (secondary N) is 1. The van der Waals surface area contributed by atoms with Crippen LogP contribution in [-0.4, -0.2) is 54.0 Å². The van der Waals surface area contributed by atoms with Gasteiger partial charge in [-0.25, -0.2) is 4.79 Å². The summed E-state index contributed by atoms with van der Waals surface area (Å²) in [7, 11) is 0. The Kier molecular flexibility index (Phi) is 12.2. The predicted molar refractivity (Wildman–Crippen MR) is 141 cm³/mol. The molecule has 1 aromatic carbocycles. The van der Waals surface area contributed by atoms with Gasteiger partial charge in [-0.05, 0) is 55.7 Å². The third-order valence-electron chi connectivity index (χ3n) is 4.82. The molecule has 2 atom stereocenters. The van der Waals surface area contributed by atoms with Gasteiger partial charge in [-0.3, -0.25) is 14.4 Å². The Morgan fingerprint density at radius 2 is 1.37 bits per heavy atom. The fraction of sp³-hybridized carbons (Fsp3) is 0.643. The normalized spacial score (nSPS) is 13.4. The van der Waals surface area contributed by atoms with Crippen molar-refractivity contribution in [2.75, 3.05) is 6.54 Å². The highest BCUT2D eigenvalue weighted by molar-refractivity contribution is 5.77. The minimum absolute atomic E-state index is 0.0263. The number of carbonyl (C=O) groups excluding carboxylic acids is 3. The quantitative estimate of drug-likeness (QED) is 0.279. The van der Waals surface area contributed by atoms with Crippen LogP contribution in [0.15, 0.2) is 18.2 Å². The first-order chi connectivity index (χ1) is 17.3. The van der Waals surface area contributed by atoms with Crippen molar-refractivity contribution < 1.29 is 43.2 Å². The zero-order chi connectivity index (χ0) is 29.3. The molecule has 10 heteroatoms. The highest BCUT2D eigenvalue weighted by atomic mass is 16.7. The summed E-state index contributed by atoms with van der Waals surface area (Å²) in [6.07, 6.45) is -1.50. The van der Waals surface area contributed by atoms with Gasteiger partial charge in [0.05, 0.1) is 18.9 Å². The lowest BCUT2D eigenvalue weighted by atomic mass is 9.92. The van der Waals surface area contributed by atoms with Gasteiger partial charge in [-0.2, -0.15) is 0 Å². The second kappa shape index (κ2) is 14.1. The molecule has 1 unspecified atom stereocenters. The first-order valence-electron chi connectivity index (χ1n) is 12.7. The van der Waals surface area contributed by atoms with Gasteiger partial charge in [0, 0.05) is 6.54 Å². The van der Waals surface area contributed by atoms with Gasteiger partial charge in [0.15, 0.2) is 11.5 Å². The van der Waals surface area contributed by atoms with Crippen molar-refractivity contribution >= 4 is 24.1 Å². The average Bonchev–Trinajstić information content (AvgIpc) is 2.69. The van der Waals surface area contributed by atoms with E-state index in [4.69, 9.17) is 18.9 Å². The summed E-state index contributed by atoms with van der Waals surface area (Å²) in [5.41, 5.74) is -0.0876. The van der Waals surface area contributed by atoms with E-state index in [1.165, 1.54) is 12.1 Å². The van der Waals surface area contributed by atoms with E-state index in [1.807, 2.05) is 41.5 Å². The van der Waals surface area contributed by atoms with Crippen LogP contribution in [0.2, 0.25) is 0 Å². The highest BCUT2D eigenvalue weighted by Crippen LogP contribution is 2.32. The predicted octanol–water partition coefficient (Wildman–Crippen LogP) is 4.91. The lowest BCUT2D eigenvalue weighted by Gasteiger charge is -2.21. The summed E-state index contributed by atoms with van der Waals surface area (Å²) in [5, 5.41) is 12.6. The number of hydrogen-bond donors (Lipinski definition) is 2. The van der Waals surface area contributed by atoms with Gasteiger partial charge in [0.1, 0.15) is 12.1 Å². The van der Waals surface area contributed by atoms with Crippen molar-refractivity contribution in [2.45, 2.75) is 99.8 Å². The van der Waals surface area contributed by atoms with Crippen molar-refractivity contribution in [3.8, 4) is 11.5 Å². The lowest BCUT2D eigenvalue weighted by Crippen LogP contribution is -2.42. The van der Waals surface area contributed by atoms with Crippen LogP contribution >= 0.6 is 0 Å². The van der Waals surface area contributed by atoms with Crippen LogP contribution in [-0.2, 0) is 30.3 Å². The van der Waals surface area contributed by atoms with Crippen LogP contribution in [0, 0.1) is 10.8 Å². The number of benzene rings is 1. The van der Waals surface area contributed by atoms with Gasteiger partial charge in [-0.1, -0.05) is 47.6 Å². The topological polar surface area (TPSA) is 137 Å². The van der Waals surface area contributed by atoms with Gasteiger partial charge >= 0.3 is 24.1 Å². The number of aliphatic carboxylic acids is 1. The molecule has 0 aliphatic rings. The van der Waals surface area contributed by atoms with Crippen molar-refractivity contribution in [2.24, 2.45) is 10.8 Å². The van der Waals surface area contributed by atoms with Gasteiger partial charge in [0.2, 0.25) is 0 Å².